The Morgan fingerprint density at radius 3 is 2.53 bits per heavy atom. The zero-order valence-electron chi connectivity index (χ0n) is 11.0. The quantitative estimate of drug-likeness (QED) is 0.882. The minimum Gasteiger partial charge on any atom is -0.444 e. The van der Waals surface area contributed by atoms with Crippen LogP contribution >= 0.6 is 0 Å². The molecule has 0 spiro atoms. The number of carbonyl (C=O) groups excluding carboxylic acids is 1. The monoisotopic (exact) mass is 259 g/mol. The number of carbonyl (C=O) groups is 1. The summed E-state index contributed by atoms with van der Waals surface area (Å²) in [6, 6.07) is 6.83. The van der Waals surface area contributed by atoms with E-state index in [1.54, 1.807) is 6.20 Å². The van der Waals surface area contributed by atoms with Crippen LogP contribution in [0, 0.1) is 5.92 Å². The van der Waals surface area contributed by atoms with Gasteiger partial charge in [0.15, 0.2) is 12.2 Å². The summed E-state index contributed by atoms with van der Waals surface area (Å²) in [6.07, 6.45) is 3.02. The van der Waals surface area contributed by atoms with Crippen molar-refractivity contribution in [3.63, 3.8) is 0 Å². The second-order valence-electron chi connectivity index (χ2n) is 4.70. The van der Waals surface area contributed by atoms with Gasteiger partial charge in [-0.15, -0.1) is 0 Å². The van der Waals surface area contributed by atoms with Gasteiger partial charge in [0, 0.05) is 11.3 Å². The van der Waals surface area contributed by atoms with Gasteiger partial charge in [-0.2, -0.15) is 0 Å². The Bertz CT molecular complexity index is 532. The SMILES string of the molecule is CC(C)[C@@H](N)C(=O)Nc1ccc(-c2cnco2)cc1. The van der Waals surface area contributed by atoms with Crippen molar-refractivity contribution in [2.45, 2.75) is 19.9 Å². The van der Waals surface area contributed by atoms with Gasteiger partial charge < -0.3 is 15.5 Å². The van der Waals surface area contributed by atoms with Crippen LogP contribution in [-0.2, 0) is 4.79 Å². The lowest BCUT2D eigenvalue weighted by Gasteiger charge is -2.15. The minimum atomic E-state index is -0.506. The third-order valence-electron chi connectivity index (χ3n) is 2.89. The lowest BCUT2D eigenvalue weighted by molar-refractivity contribution is -0.118. The molecule has 0 unspecified atom stereocenters. The summed E-state index contributed by atoms with van der Waals surface area (Å²) in [5.74, 6) is 0.618. The van der Waals surface area contributed by atoms with Gasteiger partial charge in [0.05, 0.1) is 12.2 Å². The fraction of sp³-hybridized carbons (Fsp3) is 0.286. The summed E-state index contributed by atoms with van der Waals surface area (Å²) >= 11 is 0. The van der Waals surface area contributed by atoms with Gasteiger partial charge in [-0.05, 0) is 30.2 Å². The van der Waals surface area contributed by atoms with Gasteiger partial charge in [-0.25, -0.2) is 4.98 Å². The average molecular weight is 259 g/mol. The largest absolute Gasteiger partial charge is 0.444 e. The molecular formula is C14H17N3O2. The second-order valence-corrected chi connectivity index (χ2v) is 4.70. The third-order valence-corrected chi connectivity index (χ3v) is 2.89. The van der Waals surface area contributed by atoms with E-state index in [1.165, 1.54) is 6.39 Å². The maximum absolute atomic E-state index is 11.8. The average Bonchev–Trinajstić information content (AvgIpc) is 2.92. The lowest BCUT2D eigenvalue weighted by atomic mass is 10.0. The molecule has 1 amide bonds. The maximum Gasteiger partial charge on any atom is 0.241 e. The first kappa shape index (κ1) is 13.3. The molecule has 5 nitrogen and oxygen atoms in total. The van der Waals surface area contributed by atoms with Gasteiger partial charge >= 0.3 is 0 Å². The van der Waals surface area contributed by atoms with E-state index < -0.39 is 6.04 Å². The van der Waals surface area contributed by atoms with Crippen LogP contribution in [0.4, 0.5) is 5.69 Å². The summed E-state index contributed by atoms with van der Waals surface area (Å²) in [6.45, 7) is 3.83. The molecule has 0 bridgehead atoms. The molecule has 1 aromatic heterocycles. The number of hydrogen-bond donors (Lipinski definition) is 2. The molecule has 0 radical (unpaired) electrons. The van der Waals surface area contributed by atoms with Crippen molar-refractivity contribution in [2.24, 2.45) is 11.7 Å². The van der Waals surface area contributed by atoms with Gasteiger partial charge in [0.1, 0.15) is 0 Å². The van der Waals surface area contributed by atoms with E-state index in [-0.39, 0.29) is 11.8 Å². The van der Waals surface area contributed by atoms with Gasteiger partial charge in [-0.3, -0.25) is 4.79 Å². The number of aromatic nitrogens is 1. The predicted octanol–water partition coefficient (Wildman–Crippen LogP) is 2.26. The van der Waals surface area contributed by atoms with Crippen molar-refractivity contribution >= 4 is 11.6 Å². The molecule has 2 rings (SSSR count). The smallest absolute Gasteiger partial charge is 0.241 e. The number of rotatable bonds is 4. The van der Waals surface area contributed by atoms with Gasteiger partial charge in [0.2, 0.25) is 5.91 Å². The van der Waals surface area contributed by atoms with Crippen LogP contribution in [0.2, 0.25) is 0 Å². The van der Waals surface area contributed by atoms with Crippen LogP contribution in [0.5, 0.6) is 0 Å². The maximum atomic E-state index is 11.8. The van der Waals surface area contributed by atoms with Crippen LogP contribution < -0.4 is 11.1 Å². The zero-order valence-corrected chi connectivity index (χ0v) is 11.0. The van der Waals surface area contributed by atoms with E-state index in [1.807, 2.05) is 38.1 Å². The summed E-state index contributed by atoms with van der Waals surface area (Å²) in [5, 5.41) is 2.79. The first-order valence-corrected chi connectivity index (χ1v) is 6.13. The zero-order chi connectivity index (χ0) is 13.8. The van der Waals surface area contributed by atoms with Crippen molar-refractivity contribution in [3.8, 4) is 11.3 Å². The highest BCUT2D eigenvalue weighted by molar-refractivity contribution is 5.95. The van der Waals surface area contributed by atoms with Crippen molar-refractivity contribution in [2.75, 3.05) is 5.32 Å². The molecule has 0 fully saturated rings. The van der Waals surface area contributed by atoms with E-state index in [0.717, 1.165) is 5.56 Å². The molecule has 0 aliphatic carbocycles. The molecule has 3 N–H and O–H groups in total. The highest BCUT2D eigenvalue weighted by Gasteiger charge is 2.17. The van der Waals surface area contributed by atoms with Crippen LogP contribution in [0.25, 0.3) is 11.3 Å². The highest BCUT2D eigenvalue weighted by atomic mass is 16.3. The summed E-state index contributed by atoms with van der Waals surface area (Å²) < 4.78 is 5.19. The Hall–Kier alpha value is -2.14. The number of nitrogens with one attached hydrogen (secondary N) is 1. The van der Waals surface area contributed by atoms with Crippen molar-refractivity contribution in [3.05, 3.63) is 36.9 Å². The van der Waals surface area contributed by atoms with Crippen LogP contribution in [0.15, 0.2) is 41.3 Å². The van der Waals surface area contributed by atoms with Crippen molar-refractivity contribution < 1.29 is 9.21 Å². The fourth-order valence-electron chi connectivity index (χ4n) is 1.60. The molecule has 0 aliphatic rings. The Balaban J connectivity index is 2.05. The van der Waals surface area contributed by atoms with E-state index in [9.17, 15) is 4.79 Å². The van der Waals surface area contributed by atoms with E-state index >= 15 is 0 Å². The molecule has 1 heterocycles. The number of oxazole rings is 1. The number of nitrogens with two attached hydrogens (primary N) is 1. The number of benzene rings is 1. The van der Waals surface area contributed by atoms with Crippen LogP contribution in [0.1, 0.15) is 13.8 Å². The molecule has 0 aliphatic heterocycles. The molecule has 19 heavy (non-hydrogen) atoms. The summed E-state index contributed by atoms with van der Waals surface area (Å²) in [5.41, 5.74) is 7.40. The molecule has 0 saturated heterocycles. The minimum absolute atomic E-state index is 0.105. The number of nitrogens with zero attached hydrogens (tertiary/aromatic N) is 1. The Kier molecular flexibility index (Phi) is 3.97. The normalized spacial score (nSPS) is 12.4. The first-order valence-electron chi connectivity index (χ1n) is 6.13. The lowest BCUT2D eigenvalue weighted by Crippen LogP contribution is -2.39. The molecule has 1 atom stereocenters. The first-order chi connectivity index (χ1) is 9.08. The summed E-state index contributed by atoms with van der Waals surface area (Å²) in [4.78, 5) is 15.7. The third kappa shape index (κ3) is 3.20. The molecule has 5 heteroatoms. The standard InChI is InChI=1S/C14H17N3O2/c1-9(2)13(15)14(18)17-11-5-3-10(4-6-11)12-7-16-8-19-12/h3-9,13H,15H2,1-2H3,(H,17,18)/t13-/m1/s1. The summed E-state index contributed by atoms with van der Waals surface area (Å²) in [7, 11) is 0. The van der Waals surface area contributed by atoms with Crippen LogP contribution in [0.3, 0.4) is 0 Å². The second kappa shape index (κ2) is 5.67. The van der Waals surface area contributed by atoms with Gasteiger partial charge in [-0.1, -0.05) is 13.8 Å². The van der Waals surface area contributed by atoms with Gasteiger partial charge in [0.25, 0.3) is 0 Å². The van der Waals surface area contributed by atoms with Crippen LogP contribution in [-0.4, -0.2) is 16.9 Å². The van der Waals surface area contributed by atoms with E-state index in [4.69, 9.17) is 10.2 Å². The Labute approximate surface area is 111 Å². The number of hydrogen-bond acceptors (Lipinski definition) is 4. The molecule has 100 valence electrons. The number of anilines is 1. The molecule has 0 saturated carbocycles. The Morgan fingerprint density at radius 2 is 2.00 bits per heavy atom. The molecule has 1 aromatic carbocycles. The fourth-order valence-corrected chi connectivity index (χ4v) is 1.60. The highest BCUT2D eigenvalue weighted by Crippen LogP contribution is 2.20. The van der Waals surface area contributed by atoms with Crippen molar-refractivity contribution in [1.82, 2.24) is 4.98 Å². The molecule has 2 aromatic rings. The topological polar surface area (TPSA) is 81.2 Å². The number of amides is 1. The molecular weight excluding hydrogens is 242 g/mol. The van der Waals surface area contributed by atoms with E-state index in [0.29, 0.717) is 11.4 Å². The predicted molar refractivity (Wildman–Crippen MR) is 73.4 cm³/mol. The Morgan fingerprint density at radius 1 is 1.32 bits per heavy atom. The van der Waals surface area contributed by atoms with Crippen molar-refractivity contribution in [1.29, 1.82) is 0 Å². The van der Waals surface area contributed by atoms with E-state index in [2.05, 4.69) is 10.3 Å².